The summed E-state index contributed by atoms with van der Waals surface area (Å²) in [5.74, 6) is -0.375. The van der Waals surface area contributed by atoms with Crippen molar-refractivity contribution in [3.05, 3.63) is 72.1 Å². The van der Waals surface area contributed by atoms with E-state index in [1.165, 1.54) is 0 Å². The van der Waals surface area contributed by atoms with E-state index in [2.05, 4.69) is 9.55 Å². The van der Waals surface area contributed by atoms with Crippen LogP contribution in [0.25, 0.3) is 21.8 Å². The molecule has 1 amide bonds. The molecule has 0 atom stereocenters. The number of primary amides is 1. The van der Waals surface area contributed by atoms with Crippen molar-refractivity contribution in [2.75, 3.05) is 0 Å². The Bertz CT molecular complexity index is 1070. The minimum absolute atomic E-state index is 0.135. The van der Waals surface area contributed by atoms with E-state index in [9.17, 15) is 9.90 Å². The van der Waals surface area contributed by atoms with Crippen LogP contribution >= 0.6 is 0 Å². The molecule has 4 rings (SSSR count). The minimum Gasteiger partial charge on any atom is -0.507 e. The maximum atomic E-state index is 11.9. The van der Waals surface area contributed by atoms with E-state index in [4.69, 9.17) is 5.73 Å². The Kier molecular flexibility index (Phi) is 3.20. The predicted molar refractivity (Wildman–Crippen MR) is 93.0 cm³/mol. The number of nitrogens with two attached hydrogens (primary N) is 1. The van der Waals surface area contributed by atoms with Crippen molar-refractivity contribution >= 4 is 27.7 Å². The lowest BCUT2D eigenvalue weighted by atomic mass is 10.1. The fourth-order valence-corrected chi connectivity index (χ4v) is 3.22. The monoisotopic (exact) mass is 317 g/mol. The first-order valence-corrected chi connectivity index (χ1v) is 7.58. The number of phenols is 1. The smallest absolute Gasteiger partial charge is 0.249 e. The van der Waals surface area contributed by atoms with E-state index >= 15 is 0 Å². The van der Waals surface area contributed by atoms with Gasteiger partial charge in [-0.3, -0.25) is 9.78 Å². The Hall–Kier alpha value is -3.34. The van der Waals surface area contributed by atoms with Crippen LogP contribution in [0, 0.1) is 0 Å². The quantitative estimate of drug-likeness (QED) is 0.609. The highest BCUT2D eigenvalue weighted by atomic mass is 16.3. The zero-order valence-electron chi connectivity index (χ0n) is 12.8. The average molecular weight is 317 g/mol. The van der Waals surface area contributed by atoms with Crippen molar-refractivity contribution in [3.8, 4) is 5.75 Å². The lowest BCUT2D eigenvalue weighted by Gasteiger charge is -2.07. The largest absolute Gasteiger partial charge is 0.507 e. The molecule has 3 N–H and O–H groups in total. The molecule has 2 heterocycles. The third-order valence-corrected chi connectivity index (χ3v) is 4.22. The van der Waals surface area contributed by atoms with Crippen molar-refractivity contribution in [1.82, 2.24) is 9.55 Å². The van der Waals surface area contributed by atoms with Crippen molar-refractivity contribution in [1.29, 1.82) is 0 Å². The van der Waals surface area contributed by atoms with Crippen LogP contribution in [-0.4, -0.2) is 20.6 Å². The van der Waals surface area contributed by atoms with E-state index < -0.39 is 5.91 Å². The molecule has 24 heavy (non-hydrogen) atoms. The summed E-state index contributed by atoms with van der Waals surface area (Å²) in [5, 5.41) is 11.7. The molecule has 0 saturated heterocycles. The second-order valence-electron chi connectivity index (χ2n) is 5.68. The van der Waals surface area contributed by atoms with E-state index in [0.29, 0.717) is 22.9 Å². The number of phenolic OH excluding ortho intramolecular Hbond substituents is 1. The standard InChI is InChI=1S/C19H15N3O2/c20-19(24)13-5-1-6-14-17(13)18-15(7-2-8-16(18)23)22(14)11-12-4-3-9-21-10-12/h1-10,23H,11H2,(H2,20,24). The molecule has 0 aliphatic carbocycles. The first kappa shape index (κ1) is 14.3. The van der Waals surface area contributed by atoms with Crippen molar-refractivity contribution in [2.24, 2.45) is 5.73 Å². The Morgan fingerprint density at radius 1 is 1.04 bits per heavy atom. The van der Waals surface area contributed by atoms with E-state index in [0.717, 1.165) is 16.6 Å². The average Bonchev–Trinajstić information content (AvgIpc) is 2.91. The maximum absolute atomic E-state index is 11.9. The number of carbonyl (C=O) groups excluding carboxylic acids is 1. The van der Waals surface area contributed by atoms with Crippen LogP contribution in [0.5, 0.6) is 5.75 Å². The van der Waals surface area contributed by atoms with E-state index in [-0.39, 0.29) is 5.75 Å². The van der Waals surface area contributed by atoms with Crippen molar-refractivity contribution < 1.29 is 9.90 Å². The van der Waals surface area contributed by atoms with Gasteiger partial charge in [0.05, 0.1) is 16.4 Å². The van der Waals surface area contributed by atoms with Gasteiger partial charge in [0.15, 0.2) is 0 Å². The third kappa shape index (κ3) is 2.10. The fraction of sp³-hybridized carbons (Fsp3) is 0.0526. The second kappa shape index (κ2) is 5.38. The van der Waals surface area contributed by atoms with Gasteiger partial charge in [0.1, 0.15) is 5.75 Å². The number of hydrogen-bond acceptors (Lipinski definition) is 3. The van der Waals surface area contributed by atoms with Gasteiger partial charge in [-0.05, 0) is 35.9 Å². The summed E-state index contributed by atoms with van der Waals surface area (Å²) >= 11 is 0. The van der Waals surface area contributed by atoms with Crippen LogP contribution < -0.4 is 5.73 Å². The van der Waals surface area contributed by atoms with Gasteiger partial charge in [-0.1, -0.05) is 18.2 Å². The van der Waals surface area contributed by atoms with Crippen molar-refractivity contribution in [3.63, 3.8) is 0 Å². The Labute approximate surface area is 138 Å². The summed E-state index contributed by atoms with van der Waals surface area (Å²) in [4.78, 5) is 16.0. The van der Waals surface area contributed by atoms with Gasteiger partial charge >= 0.3 is 0 Å². The number of rotatable bonds is 3. The molecular weight excluding hydrogens is 302 g/mol. The second-order valence-corrected chi connectivity index (χ2v) is 5.68. The zero-order chi connectivity index (χ0) is 16.7. The first-order valence-electron chi connectivity index (χ1n) is 7.58. The summed E-state index contributed by atoms with van der Waals surface area (Å²) in [6.45, 7) is 0.583. The lowest BCUT2D eigenvalue weighted by Crippen LogP contribution is -2.11. The van der Waals surface area contributed by atoms with Gasteiger partial charge in [0, 0.05) is 29.9 Å². The molecule has 5 nitrogen and oxygen atoms in total. The molecule has 0 unspecified atom stereocenters. The van der Waals surface area contributed by atoms with E-state index in [1.54, 1.807) is 36.7 Å². The molecule has 0 aliphatic heterocycles. The summed E-state index contributed by atoms with van der Waals surface area (Å²) in [5.41, 5.74) is 8.68. The first-order chi connectivity index (χ1) is 11.7. The number of aromatic hydroxyl groups is 1. The highest BCUT2D eigenvalue weighted by molar-refractivity contribution is 6.19. The number of benzene rings is 2. The van der Waals surface area contributed by atoms with Gasteiger partial charge in [0.25, 0.3) is 0 Å². The molecule has 0 fully saturated rings. The van der Waals surface area contributed by atoms with Gasteiger partial charge in [-0.2, -0.15) is 0 Å². The molecule has 0 bridgehead atoms. The molecule has 0 saturated carbocycles. The predicted octanol–water partition coefficient (Wildman–Crippen LogP) is 3.04. The number of amides is 1. The van der Waals surface area contributed by atoms with Crippen molar-refractivity contribution in [2.45, 2.75) is 6.54 Å². The Morgan fingerprint density at radius 3 is 2.50 bits per heavy atom. The number of hydrogen-bond donors (Lipinski definition) is 2. The van der Waals surface area contributed by atoms with Crippen LogP contribution in [0.2, 0.25) is 0 Å². The highest BCUT2D eigenvalue weighted by Crippen LogP contribution is 2.37. The SMILES string of the molecule is NC(=O)c1cccc2c1c1c(O)cccc1n2Cc1cccnc1. The van der Waals surface area contributed by atoms with E-state index in [1.807, 2.05) is 24.3 Å². The molecule has 2 aromatic heterocycles. The minimum atomic E-state index is -0.510. The molecule has 0 radical (unpaired) electrons. The molecule has 2 aromatic carbocycles. The van der Waals surface area contributed by atoms with Crippen LogP contribution in [0.4, 0.5) is 0 Å². The van der Waals surface area contributed by atoms with Crippen LogP contribution in [-0.2, 0) is 6.54 Å². The Morgan fingerprint density at radius 2 is 1.79 bits per heavy atom. The Balaban J connectivity index is 2.10. The maximum Gasteiger partial charge on any atom is 0.249 e. The number of fused-ring (bicyclic) bond motifs is 3. The zero-order valence-corrected chi connectivity index (χ0v) is 12.8. The van der Waals surface area contributed by atoms with Gasteiger partial charge < -0.3 is 15.4 Å². The number of aromatic nitrogens is 2. The summed E-state index contributed by atoms with van der Waals surface area (Å²) < 4.78 is 2.06. The van der Waals surface area contributed by atoms with Crippen LogP contribution in [0.1, 0.15) is 15.9 Å². The molecule has 4 aromatic rings. The topological polar surface area (TPSA) is 81.1 Å². The molecule has 0 aliphatic rings. The summed E-state index contributed by atoms with van der Waals surface area (Å²) in [6.07, 6.45) is 3.53. The lowest BCUT2D eigenvalue weighted by molar-refractivity contribution is 0.100. The fourth-order valence-electron chi connectivity index (χ4n) is 3.22. The van der Waals surface area contributed by atoms with Crippen LogP contribution in [0.15, 0.2) is 60.9 Å². The van der Waals surface area contributed by atoms with Gasteiger partial charge in [0.2, 0.25) is 5.91 Å². The molecule has 0 spiro atoms. The summed E-state index contributed by atoms with van der Waals surface area (Å²) in [6, 6.07) is 14.6. The molecule has 5 heteroatoms. The molecule has 118 valence electrons. The van der Waals surface area contributed by atoms with Crippen LogP contribution in [0.3, 0.4) is 0 Å². The van der Waals surface area contributed by atoms with Gasteiger partial charge in [-0.25, -0.2) is 0 Å². The number of pyridine rings is 1. The normalized spacial score (nSPS) is 11.2. The third-order valence-electron chi connectivity index (χ3n) is 4.22. The number of carbonyl (C=O) groups is 1. The summed E-state index contributed by atoms with van der Waals surface area (Å²) in [7, 11) is 0. The van der Waals surface area contributed by atoms with Gasteiger partial charge in [-0.15, -0.1) is 0 Å². The highest BCUT2D eigenvalue weighted by Gasteiger charge is 2.18. The number of nitrogens with zero attached hydrogens (tertiary/aromatic N) is 2. The molecular formula is C19H15N3O2.